The van der Waals surface area contributed by atoms with Gasteiger partial charge in [-0.15, -0.1) is 0 Å². The third-order valence-corrected chi connectivity index (χ3v) is 6.04. The highest BCUT2D eigenvalue weighted by Crippen LogP contribution is 2.32. The van der Waals surface area contributed by atoms with Gasteiger partial charge in [0.05, 0.1) is 19.0 Å². The number of methoxy groups -OCH3 is 1. The number of benzene rings is 2. The van der Waals surface area contributed by atoms with Crippen LogP contribution >= 0.6 is 15.9 Å². The summed E-state index contributed by atoms with van der Waals surface area (Å²) in [5.41, 5.74) is 1.37. The monoisotopic (exact) mass is 448 g/mol. The Hall–Kier alpha value is -2.58. The number of sulfonamides is 1. The van der Waals surface area contributed by atoms with Crippen LogP contribution in [0.2, 0.25) is 0 Å². The highest BCUT2D eigenvalue weighted by atomic mass is 79.9. The van der Waals surface area contributed by atoms with Crippen molar-refractivity contribution in [2.24, 2.45) is 0 Å². The maximum atomic E-state index is 12.5. The van der Waals surface area contributed by atoms with Gasteiger partial charge in [-0.2, -0.15) is 0 Å². The lowest BCUT2D eigenvalue weighted by Crippen LogP contribution is -2.13. The number of halogens is 1. The molecule has 0 aliphatic rings. The summed E-state index contributed by atoms with van der Waals surface area (Å²) >= 11 is 3.25. The number of aryl methyl sites for hydroxylation is 1. The predicted octanol–water partition coefficient (Wildman–Crippen LogP) is 4.75. The second-order valence-corrected chi connectivity index (χ2v) is 8.18. The second-order valence-electron chi connectivity index (χ2n) is 5.68. The van der Waals surface area contributed by atoms with E-state index in [4.69, 9.17) is 9.47 Å². The van der Waals surface area contributed by atoms with E-state index < -0.39 is 10.0 Å². The standard InChI is InChI=1S/C19H17BrN2O4S/c1-13-7-9-16(17(11-13)25-2)26-19-10-8-14(12-21-19)22-27(23,24)18-6-4-3-5-15(18)20/h3-12,22H,1-2H3. The minimum Gasteiger partial charge on any atom is -0.493 e. The first kappa shape index (κ1) is 19.2. The molecule has 0 fully saturated rings. The maximum Gasteiger partial charge on any atom is 0.263 e. The van der Waals surface area contributed by atoms with E-state index in [0.717, 1.165) is 5.56 Å². The number of anilines is 1. The summed E-state index contributed by atoms with van der Waals surface area (Å²) in [7, 11) is -2.16. The van der Waals surface area contributed by atoms with Gasteiger partial charge in [0, 0.05) is 10.5 Å². The van der Waals surface area contributed by atoms with Gasteiger partial charge in [-0.3, -0.25) is 4.72 Å². The van der Waals surface area contributed by atoms with Crippen molar-refractivity contribution >= 4 is 31.6 Å². The van der Waals surface area contributed by atoms with E-state index in [1.807, 2.05) is 19.1 Å². The molecule has 27 heavy (non-hydrogen) atoms. The van der Waals surface area contributed by atoms with Crippen molar-refractivity contribution < 1.29 is 17.9 Å². The predicted molar refractivity (Wildman–Crippen MR) is 107 cm³/mol. The fraction of sp³-hybridized carbons (Fsp3) is 0.105. The van der Waals surface area contributed by atoms with Crippen molar-refractivity contribution in [1.82, 2.24) is 4.98 Å². The third kappa shape index (κ3) is 4.58. The van der Waals surface area contributed by atoms with Crippen molar-refractivity contribution in [2.45, 2.75) is 11.8 Å². The van der Waals surface area contributed by atoms with Crippen molar-refractivity contribution in [3.63, 3.8) is 0 Å². The minimum atomic E-state index is -3.73. The Balaban J connectivity index is 1.77. The first-order chi connectivity index (χ1) is 12.9. The van der Waals surface area contributed by atoms with E-state index in [1.165, 1.54) is 12.3 Å². The first-order valence-electron chi connectivity index (χ1n) is 7.95. The summed E-state index contributed by atoms with van der Waals surface area (Å²) in [6, 6.07) is 15.3. The average Bonchev–Trinajstić information content (AvgIpc) is 2.64. The highest BCUT2D eigenvalue weighted by Gasteiger charge is 2.17. The van der Waals surface area contributed by atoms with Crippen molar-refractivity contribution in [1.29, 1.82) is 0 Å². The minimum absolute atomic E-state index is 0.148. The normalized spacial score (nSPS) is 11.1. The number of hydrogen-bond donors (Lipinski definition) is 1. The molecule has 1 aromatic heterocycles. The molecule has 0 unspecified atom stereocenters. The molecule has 0 atom stereocenters. The van der Waals surface area contributed by atoms with Crippen molar-refractivity contribution in [3.8, 4) is 17.4 Å². The number of nitrogens with one attached hydrogen (secondary N) is 1. The lowest BCUT2D eigenvalue weighted by atomic mass is 10.2. The Kier molecular flexibility index (Phi) is 5.67. The zero-order chi connectivity index (χ0) is 19.4. The maximum absolute atomic E-state index is 12.5. The summed E-state index contributed by atoms with van der Waals surface area (Å²) in [4.78, 5) is 4.30. The summed E-state index contributed by atoms with van der Waals surface area (Å²) < 4.78 is 39.0. The summed E-state index contributed by atoms with van der Waals surface area (Å²) in [5, 5.41) is 0. The van der Waals surface area contributed by atoms with E-state index in [0.29, 0.717) is 27.5 Å². The van der Waals surface area contributed by atoms with Gasteiger partial charge in [-0.25, -0.2) is 13.4 Å². The molecule has 0 saturated carbocycles. The van der Waals surface area contributed by atoms with Crippen LogP contribution in [0.5, 0.6) is 17.4 Å². The largest absolute Gasteiger partial charge is 0.493 e. The SMILES string of the molecule is COc1cc(C)ccc1Oc1ccc(NS(=O)(=O)c2ccccc2Br)cn1. The Labute approximate surface area is 166 Å². The Bertz CT molecular complexity index is 1050. The Morgan fingerprint density at radius 2 is 1.81 bits per heavy atom. The number of nitrogens with zero attached hydrogens (tertiary/aromatic N) is 1. The Morgan fingerprint density at radius 3 is 2.48 bits per heavy atom. The molecule has 8 heteroatoms. The fourth-order valence-electron chi connectivity index (χ4n) is 2.35. The van der Waals surface area contributed by atoms with Gasteiger partial charge in [0.25, 0.3) is 10.0 Å². The lowest BCUT2D eigenvalue weighted by molar-refractivity contribution is 0.374. The fourth-order valence-corrected chi connectivity index (χ4v) is 4.39. The van der Waals surface area contributed by atoms with Crippen LogP contribution in [0.25, 0.3) is 0 Å². The summed E-state index contributed by atoms with van der Waals surface area (Å²) in [5.74, 6) is 1.44. The van der Waals surface area contributed by atoms with Gasteiger partial charge in [-0.1, -0.05) is 18.2 Å². The molecule has 0 amide bonds. The van der Waals surface area contributed by atoms with E-state index >= 15 is 0 Å². The molecule has 0 radical (unpaired) electrons. The van der Waals surface area contributed by atoms with E-state index in [1.54, 1.807) is 43.5 Å². The molecule has 0 bridgehead atoms. The van der Waals surface area contributed by atoms with Crippen molar-refractivity contribution in [2.75, 3.05) is 11.8 Å². The number of hydrogen-bond acceptors (Lipinski definition) is 5. The molecule has 1 heterocycles. The van der Waals surface area contributed by atoms with Crippen LogP contribution in [0.15, 0.2) is 70.2 Å². The van der Waals surface area contributed by atoms with E-state index in [9.17, 15) is 8.42 Å². The number of ether oxygens (including phenoxy) is 2. The van der Waals surface area contributed by atoms with Gasteiger partial charge in [0.2, 0.25) is 5.88 Å². The van der Waals surface area contributed by atoms with Crippen LogP contribution < -0.4 is 14.2 Å². The van der Waals surface area contributed by atoms with Crippen LogP contribution in [0.4, 0.5) is 5.69 Å². The van der Waals surface area contributed by atoms with Crippen LogP contribution in [0, 0.1) is 6.92 Å². The van der Waals surface area contributed by atoms with Crippen LogP contribution in [0.3, 0.4) is 0 Å². The van der Waals surface area contributed by atoms with Gasteiger partial charge in [0.15, 0.2) is 11.5 Å². The second kappa shape index (κ2) is 7.98. The molecule has 3 aromatic rings. The number of pyridine rings is 1. The smallest absolute Gasteiger partial charge is 0.263 e. The molecule has 2 aromatic carbocycles. The highest BCUT2D eigenvalue weighted by molar-refractivity contribution is 9.10. The number of aromatic nitrogens is 1. The van der Waals surface area contributed by atoms with E-state index in [2.05, 4.69) is 25.6 Å². The van der Waals surface area contributed by atoms with Crippen molar-refractivity contribution in [3.05, 3.63) is 70.8 Å². The zero-order valence-corrected chi connectivity index (χ0v) is 17.0. The molecule has 140 valence electrons. The molecule has 0 saturated heterocycles. The third-order valence-electron chi connectivity index (χ3n) is 3.65. The van der Waals surface area contributed by atoms with Crippen LogP contribution in [0.1, 0.15) is 5.56 Å². The van der Waals surface area contributed by atoms with Gasteiger partial charge in [0.1, 0.15) is 4.90 Å². The lowest BCUT2D eigenvalue weighted by Gasteiger charge is -2.12. The topological polar surface area (TPSA) is 77.5 Å². The van der Waals surface area contributed by atoms with E-state index in [-0.39, 0.29) is 4.90 Å². The zero-order valence-electron chi connectivity index (χ0n) is 14.6. The molecule has 3 rings (SSSR count). The first-order valence-corrected chi connectivity index (χ1v) is 10.2. The van der Waals surface area contributed by atoms with Crippen LogP contribution in [-0.4, -0.2) is 20.5 Å². The summed E-state index contributed by atoms with van der Waals surface area (Å²) in [6.07, 6.45) is 1.39. The van der Waals surface area contributed by atoms with Gasteiger partial charge < -0.3 is 9.47 Å². The number of rotatable bonds is 6. The molecule has 1 N–H and O–H groups in total. The quantitative estimate of drug-likeness (QED) is 0.588. The molecule has 6 nitrogen and oxygen atoms in total. The average molecular weight is 449 g/mol. The summed E-state index contributed by atoms with van der Waals surface area (Å²) in [6.45, 7) is 1.95. The molecular formula is C19H17BrN2O4S. The Morgan fingerprint density at radius 1 is 1.04 bits per heavy atom. The van der Waals surface area contributed by atoms with Crippen LogP contribution in [-0.2, 0) is 10.0 Å². The molecule has 0 aliphatic carbocycles. The molecule has 0 aliphatic heterocycles. The van der Waals surface area contributed by atoms with Gasteiger partial charge in [-0.05, 0) is 58.7 Å². The van der Waals surface area contributed by atoms with Gasteiger partial charge >= 0.3 is 0 Å². The molecular weight excluding hydrogens is 432 g/mol. The molecule has 0 spiro atoms.